The number of ether oxygens (including phenoxy) is 2. The minimum absolute atomic E-state index is 0.157. The van der Waals surface area contributed by atoms with Crippen molar-refractivity contribution in [2.45, 2.75) is 20.1 Å². The van der Waals surface area contributed by atoms with Gasteiger partial charge in [-0.05, 0) is 81.6 Å². The summed E-state index contributed by atoms with van der Waals surface area (Å²) in [6.45, 7) is 2.35. The molecule has 0 N–H and O–H groups in total. The maximum Gasteiger partial charge on any atom is 0.293 e. The Bertz CT molecular complexity index is 1290. The molecule has 174 valence electrons. The summed E-state index contributed by atoms with van der Waals surface area (Å²) in [5, 5.41) is -0.307. The van der Waals surface area contributed by atoms with Gasteiger partial charge in [0, 0.05) is 0 Å². The number of hydrogen-bond donors (Lipinski definition) is 0. The maximum absolute atomic E-state index is 13.4. The summed E-state index contributed by atoms with van der Waals surface area (Å²) in [5.41, 5.74) is 3.31. The van der Waals surface area contributed by atoms with Crippen molar-refractivity contribution in [2.24, 2.45) is 0 Å². The van der Waals surface area contributed by atoms with Crippen LogP contribution in [0.4, 0.5) is 9.18 Å². The van der Waals surface area contributed by atoms with Gasteiger partial charge in [0.15, 0.2) is 11.5 Å². The van der Waals surface area contributed by atoms with Crippen molar-refractivity contribution < 1.29 is 23.5 Å². The minimum Gasteiger partial charge on any atom is -0.493 e. The van der Waals surface area contributed by atoms with E-state index in [4.69, 9.17) is 9.47 Å². The number of aryl methyl sites for hydroxylation is 1. The van der Waals surface area contributed by atoms with Crippen LogP contribution in [-0.4, -0.2) is 23.2 Å². The Morgan fingerprint density at radius 1 is 1.06 bits per heavy atom. The second-order valence-electron chi connectivity index (χ2n) is 7.71. The van der Waals surface area contributed by atoms with Crippen molar-refractivity contribution >= 4 is 44.9 Å². The van der Waals surface area contributed by atoms with E-state index >= 15 is 0 Å². The third kappa shape index (κ3) is 5.51. The fourth-order valence-corrected chi connectivity index (χ4v) is 4.94. The van der Waals surface area contributed by atoms with Crippen LogP contribution in [0.1, 0.15) is 22.3 Å². The van der Waals surface area contributed by atoms with Crippen LogP contribution in [0.5, 0.6) is 11.5 Å². The lowest BCUT2D eigenvalue weighted by atomic mass is 10.1. The molecule has 0 radical (unpaired) electrons. The molecule has 8 heteroatoms. The van der Waals surface area contributed by atoms with Gasteiger partial charge in [-0.2, -0.15) is 0 Å². The van der Waals surface area contributed by atoms with Crippen molar-refractivity contribution in [3.05, 3.63) is 98.1 Å². The van der Waals surface area contributed by atoms with Gasteiger partial charge in [-0.25, -0.2) is 4.39 Å². The lowest BCUT2D eigenvalue weighted by molar-refractivity contribution is -0.123. The fourth-order valence-electron chi connectivity index (χ4n) is 3.53. The zero-order chi connectivity index (χ0) is 24.2. The van der Waals surface area contributed by atoms with E-state index in [1.54, 1.807) is 30.3 Å². The number of hydrogen-bond acceptors (Lipinski definition) is 5. The number of carbonyl (C=O) groups excluding carboxylic acids is 2. The van der Waals surface area contributed by atoms with E-state index in [0.717, 1.165) is 22.9 Å². The molecule has 3 aromatic carbocycles. The van der Waals surface area contributed by atoms with Crippen molar-refractivity contribution in [1.82, 2.24) is 4.90 Å². The van der Waals surface area contributed by atoms with Gasteiger partial charge in [0.05, 0.1) is 23.0 Å². The highest BCUT2D eigenvalue weighted by molar-refractivity contribution is 9.10. The van der Waals surface area contributed by atoms with Gasteiger partial charge in [-0.15, -0.1) is 0 Å². The molecule has 0 atom stereocenters. The zero-order valence-corrected chi connectivity index (χ0v) is 20.9. The summed E-state index contributed by atoms with van der Waals surface area (Å²) in [5.74, 6) is 0.226. The zero-order valence-electron chi connectivity index (χ0n) is 18.5. The SMILES string of the molecule is COc1cc(/C=C2/SC(=O)N(Cc3cccc(C)c3)C2=O)cc(Br)c1OCc1cccc(F)c1. The largest absolute Gasteiger partial charge is 0.493 e. The topological polar surface area (TPSA) is 55.8 Å². The Morgan fingerprint density at radius 3 is 2.56 bits per heavy atom. The predicted octanol–water partition coefficient (Wildman–Crippen LogP) is 6.72. The van der Waals surface area contributed by atoms with Crippen molar-refractivity contribution in [2.75, 3.05) is 7.11 Å². The second-order valence-corrected chi connectivity index (χ2v) is 9.56. The number of methoxy groups -OCH3 is 1. The summed E-state index contributed by atoms with van der Waals surface area (Å²) >= 11 is 4.40. The predicted molar refractivity (Wildman–Crippen MR) is 134 cm³/mol. The summed E-state index contributed by atoms with van der Waals surface area (Å²) in [6, 6.07) is 17.4. The van der Waals surface area contributed by atoms with E-state index in [1.807, 2.05) is 31.2 Å². The van der Waals surface area contributed by atoms with E-state index < -0.39 is 0 Å². The first-order valence-electron chi connectivity index (χ1n) is 10.4. The quantitative estimate of drug-likeness (QED) is 0.310. The summed E-state index contributed by atoms with van der Waals surface area (Å²) in [4.78, 5) is 27.0. The molecule has 0 bridgehead atoms. The van der Waals surface area contributed by atoms with E-state index in [9.17, 15) is 14.0 Å². The number of imide groups is 1. The molecule has 0 saturated carbocycles. The Kier molecular flexibility index (Phi) is 7.38. The van der Waals surface area contributed by atoms with Gasteiger partial charge in [-0.3, -0.25) is 14.5 Å². The first-order valence-corrected chi connectivity index (χ1v) is 12.0. The molecule has 2 amide bonds. The van der Waals surface area contributed by atoms with Crippen molar-refractivity contribution in [3.63, 3.8) is 0 Å². The number of halogens is 2. The first kappa shape index (κ1) is 24.0. The van der Waals surface area contributed by atoms with E-state index in [-0.39, 0.29) is 30.1 Å². The van der Waals surface area contributed by atoms with Crippen LogP contribution in [0.3, 0.4) is 0 Å². The molecule has 1 saturated heterocycles. The van der Waals surface area contributed by atoms with Gasteiger partial charge in [-0.1, -0.05) is 42.0 Å². The Morgan fingerprint density at radius 2 is 1.82 bits per heavy atom. The van der Waals surface area contributed by atoms with Crippen LogP contribution in [0.15, 0.2) is 70.0 Å². The molecule has 1 heterocycles. The minimum atomic E-state index is -0.335. The number of rotatable bonds is 7. The van der Waals surface area contributed by atoms with E-state index in [1.165, 1.54) is 24.1 Å². The average Bonchev–Trinajstić information content (AvgIpc) is 3.05. The Labute approximate surface area is 209 Å². The lowest BCUT2D eigenvalue weighted by Gasteiger charge is -2.14. The third-order valence-electron chi connectivity index (χ3n) is 5.12. The summed E-state index contributed by atoms with van der Waals surface area (Å²) < 4.78 is 25.4. The van der Waals surface area contributed by atoms with Crippen LogP contribution >= 0.6 is 27.7 Å². The average molecular weight is 542 g/mol. The van der Waals surface area contributed by atoms with Gasteiger partial charge >= 0.3 is 0 Å². The second kappa shape index (κ2) is 10.4. The fraction of sp³-hybridized carbons (Fsp3) is 0.154. The standard InChI is InChI=1S/C26H21BrFNO4S/c1-16-5-3-6-17(9-16)14-29-25(30)23(34-26(29)31)13-19-11-21(27)24(22(12-19)32-2)33-15-18-7-4-8-20(28)10-18/h3-13H,14-15H2,1-2H3/b23-13+. The lowest BCUT2D eigenvalue weighted by Crippen LogP contribution is -2.27. The highest BCUT2D eigenvalue weighted by Crippen LogP contribution is 2.39. The molecular formula is C26H21BrFNO4S. The van der Waals surface area contributed by atoms with Crippen molar-refractivity contribution in [1.29, 1.82) is 0 Å². The van der Waals surface area contributed by atoms with Crippen LogP contribution in [0.25, 0.3) is 6.08 Å². The molecule has 1 fully saturated rings. The Hall–Kier alpha value is -3.10. The van der Waals surface area contributed by atoms with Crippen LogP contribution in [-0.2, 0) is 17.9 Å². The molecule has 4 rings (SSSR count). The molecule has 3 aromatic rings. The van der Waals surface area contributed by atoms with Crippen LogP contribution in [0, 0.1) is 12.7 Å². The van der Waals surface area contributed by atoms with E-state index in [2.05, 4.69) is 15.9 Å². The number of nitrogens with zero attached hydrogens (tertiary/aromatic N) is 1. The highest BCUT2D eigenvalue weighted by Gasteiger charge is 2.35. The van der Waals surface area contributed by atoms with E-state index in [0.29, 0.717) is 32.0 Å². The van der Waals surface area contributed by atoms with Gasteiger partial charge < -0.3 is 9.47 Å². The molecule has 0 aromatic heterocycles. The summed E-state index contributed by atoms with van der Waals surface area (Å²) in [6.07, 6.45) is 1.66. The molecule has 0 aliphatic carbocycles. The number of amides is 2. The number of thioether (sulfide) groups is 1. The maximum atomic E-state index is 13.4. The molecule has 1 aliphatic rings. The smallest absolute Gasteiger partial charge is 0.293 e. The molecule has 34 heavy (non-hydrogen) atoms. The third-order valence-corrected chi connectivity index (χ3v) is 6.61. The van der Waals surface area contributed by atoms with Crippen LogP contribution < -0.4 is 9.47 Å². The molecule has 5 nitrogen and oxygen atoms in total. The highest BCUT2D eigenvalue weighted by atomic mass is 79.9. The summed E-state index contributed by atoms with van der Waals surface area (Å²) in [7, 11) is 1.51. The molecular weight excluding hydrogens is 521 g/mol. The van der Waals surface area contributed by atoms with Gasteiger partial charge in [0.1, 0.15) is 12.4 Å². The Balaban J connectivity index is 1.53. The van der Waals surface area contributed by atoms with Crippen molar-refractivity contribution in [3.8, 4) is 11.5 Å². The number of benzene rings is 3. The normalized spacial score (nSPS) is 14.7. The van der Waals surface area contributed by atoms with Gasteiger partial charge in [0.2, 0.25) is 0 Å². The first-order chi connectivity index (χ1) is 16.3. The molecule has 0 spiro atoms. The molecule has 1 aliphatic heterocycles. The monoisotopic (exact) mass is 541 g/mol. The number of carbonyl (C=O) groups is 2. The van der Waals surface area contributed by atoms with Crippen LogP contribution in [0.2, 0.25) is 0 Å². The molecule has 0 unspecified atom stereocenters. The van der Waals surface area contributed by atoms with Gasteiger partial charge in [0.25, 0.3) is 11.1 Å².